The average Bonchev–Trinajstić information content (AvgIpc) is 2.66. The van der Waals surface area contributed by atoms with Crippen molar-refractivity contribution in [3.63, 3.8) is 0 Å². The molecule has 4 rings (SSSR count). The van der Waals surface area contributed by atoms with Gasteiger partial charge in [0.1, 0.15) is 5.82 Å². The monoisotopic (exact) mass is 345 g/mol. The second kappa shape index (κ2) is 6.20. The molecule has 1 aliphatic carbocycles. The van der Waals surface area contributed by atoms with E-state index in [1.54, 1.807) is 0 Å². The van der Waals surface area contributed by atoms with Gasteiger partial charge in [-0.25, -0.2) is 4.98 Å². The van der Waals surface area contributed by atoms with Crippen LogP contribution in [0.2, 0.25) is 0 Å². The summed E-state index contributed by atoms with van der Waals surface area (Å²) < 4.78 is 1.52. The maximum atomic E-state index is 13.0. The van der Waals surface area contributed by atoms with Gasteiger partial charge in [0.25, 0.3) is 5.56 Å². The first-order valence-corrected chi connectivity index (χ1v) is 9.19. The lowest BCUT2D eigenvalue weighted by atomic mass is 9.64. The number of nitrogens with zero attached hydrogens (tertiary/aromatic N) is 3. The Balaban J connectivity index is 1.84. The van der Waals surface area contributed by atoms with E-state index in [2.05, 4.69) is 43.1 Å². The molecule has 132 valence electrons. The molecule has 0 amide bonds. The van der Waals surface area contributed by atoms with Gasteiger partial charge in [0.05, 0.1) is 10.9 Å². The van der Waals surface area contributed by atoms with E-state index in [9.17, 15) is 4.79 Å². The summed E-state index contributed by atoms with van der Waals surface area (Å²) >= 11 is 0. The molecule has 0 aliphatic heterocycles. The molecular weight excluding hydrogens is 322 g/mol. The molecule has 0 N–H and O–H groups in total. The van der Waals surface area contributed by atoms with Crippen molar-refractivity contribution in [3.05, 3.63) is 75.8 Å². The van der Waals surface area contributed by atoms with Gasteiger partial charge in [-0.2, -0.15) is 9.78 Å². The van der Waals surface area contributed by atoms with E-state index >= 15 is 0 Å². The van der Waals surface area contributed by atoms with Gasteiger partial charge >= 0.3 is 0 Å². The highest BCUT2D eigenvalue weighted by atomic mass is 16.1. The molecular formula is C22H23N3O. The SMILES string of the molecule is CCc1nc2ccccc2c(=O)n1/N=C1\CCC1(C)c1ccc(C)cc1. The van der Waals surface area contributed by atoms with Crippen molar-refractivity contribution in [2.45, 2.75) is 45.4 Å². The largest absolute Gasteiger partial charge is 0.282 e. The molecule has 4 heteroatoms. The van der Waals surface area contributed by atoms with Crippen LogP contribution in [0.1, 0.15) is 43.6 Å². The topological polar surface area (TPSA) is 47.2 Å². The van der Waals surface area contributed by atoms with Crippen molar-refractivity contribution >= 4 is 16.6 Å². The Hall–Kier alpha value is -2.75. The highest BCUT2D eigenvalue weighted by Crippen LogP contribution is 2.41. The third-order valence-electron chi connectivity index (χ3n) is 5.55. The first-order valence-electron chi connectivity index (χ1n) is 9.19. The summed E-state index contributed by atoms with van der Waals surface area (Å²) in [6, 6.07) is 16.1. The normalized spacial score (nSPS) is 21.1. The maximum Gasteiger partial charge on any atom is 0.282 e. The average molecular weight is 345 g/mol. The van der Waals surface area contributed by atoms with Gasteiger partial charge in [-0.1, -0.05) is 55.8 Å². The molecule has 1 fully saturated rings. The zero-order valence-corrected chi connectivity index (χ0v) is 15.5. The van der Waals surface area contributed by atoms with E-state index in [-0.39, 0.29) is 11.0 Å². The lowest BCUT2D eigenvalue weighted by molar-refractivity contribution is 0.493. The molecule has 0 radical (unpaired) electrons. The van der Waals surface area contributed by atoms with E-state index < -0.39 is 0 Å². The maximum absolute atomic E-state index is 13.0. The molecule has 26 heavy (non-hydrogen) atoms. The first-order chi connectivity index (χ1) is 12.5. The molecule has 1 unspecified atom stereocenters. The Morgan fingerprint density at radius 3 is 2.54 bits per heavy atom. The lowest BCUT2D eigenvalue weighted by Gasteiger charge is -2.40. The number of fused-ring (bicyclic) bond motifs is 1. The van der Waals surface area contributed by atoms with Gasteiger partial charge in [-0.15, -0.1) is 0 Å². The highest BCUT2D eigenvalue weighted by molar-refractivity contribution is 6.00. The Labute approximate surface area is 153 Å². The van der Waals surface area contributed by atoms with E-state index in [0.29, 0.717) is 17.6 Å². The van der Waals surface area contributed by atoms with E-state index in [4.69, 9.17) is 5.10 Å². The van der Waals surface area contributed by atoms with E-state index in [1.807, 2.05) is 31.2 Å². The van der Waals surface area contributed by atoms with Gasteiger partial charge in [-0.05, 0) is 37.5 Å². The Bertz CT molecular complexity index is 1060. The second-order valence-corrected chi connectivity index (χ2v) is 7.26. The number of rotatable bonds is 3. The zero-order valence-electron chi connectivity index (χ0n) is 15.5. The summed E-state index contributed by atoms with van der Waals surface area (Å²) in [5.74, 6) is 0.708. The third-order valence-corrected chi connectivity index (χ3v) is 5.55. The van der Waals surface area contributed by atoms with Crippen molar-refractivity contribution in [3.8, 4) is 0 Å². The summed E-state index contributed by atoms with van der Waals surface area (Å²) in [7, 11) is 0. The number of aromatic nitrogens is 2. The number of hydrogen-bond donors (Lipinski definition) is 0. The molecule has 1 aliphatic rings. The molecule has 4 nitrogen and oxygen atoms in total. The van der Waals surface area contributed by atoms with E-state index in [0.717, 1.165) is 24.1 Å². The predicted molar refractivity (Wildman–Crippen MR) is 106 cm³/mol. The van der Waals surface area contributed by atoms with Gasteiger partial charge in [0, 0.05) is 17.5 Å². The van der Waals surface area contributed by atoms with Crippen LogP contribution in [0.25, 0.3) is 10.9 Å². The molecule has 1 aromatic heterocycles. The number of aryl methyl sites for hydroxylation is 2. The summed E-state index contributed by atoms with van der Waals surface area (Å²) in [6.45, 7) is 6.31. The molecule has 0 saturated heterocycles. The van der Waals surface area contributed by atoms with Crippen LogP contribution < -0.4 is 5.56 Å². The smallest absolute Gasteiger partial charge is 0.267 e. The first kappa shape index (κ1) is 16.7. The Morgan fingerprint density at radius 2 is 1.88 bits per heavy atom. The quantitative estimate of drug-likeness (QED) is 0.713. The van der Waals surface area contributed by atoms with Gasteiger partial charge < -0.3 is 0 Å². The van der Waals surface area contributed by atoms with Crippen LogP contribution in [0, 0.1) is 6.92 Å². The molecule has 0 spiro atoms. The van der Waals surface area contributed by atoms with Crippen molar-refractivity contribution in [2.75, 3.05) is 0 Å². The van der Waals surface area contributed by atoms with Gasteiger partial charge in [0.2, 0.25) is 0 Å². The Morgan fingerprint density at radius 1 is 1.15 bits per heavy atom. The fourth-order valence-electron chi connectivity index (χ4n) is 3.63. The predicted octanol–water partition coefficient (Wildman–Crippen LogP) is 4.22. The summed E-state index contributed by atoms with van der Waals surface area (Å²) in [6.07, 6.45) is 2.62. The lowest BCUT2D eigenvalue weighted by Crippen LogP contribution is -2.43. The molecule has 1 heterocycles. The van der Waals surface area contributed by atoms with Crippen molar-refractivity contribution < 1.29 is 0 Å². The fourth-order valence-corrected chi connectivity index (χ4v) is 3.63. The van der Waals surface area contributed by atoms with Crippen molar-refractivity contribution in [1.29, 1.82) is 0 Å². The van der Waals surface area contributed by atoms with Crippen LogP contribution in [-0.4, -0.2) is 15.4 Å². The molecule has 3 aromatic rings. The third kappa shape index (κ3) is 2.57. The van der Waals surface area contributed by atoms with Crippen LogP contribution in [-0.2, 0) is 11.8 Å². The van der Waals surface area contributed by atoms with Gasteiger partial charge in [0.15, 0.2) is 0 Å². The van der Waals surface area contributed by atoms with Crippen molar-refractivity contribution in [1.82, 2.24) is 9.66 Å². The second-order valence-electron chi connectivity index (χ2n) is 7.26. The number of hydrogen-bond acceptors (Lipinski definition) is 3. The number of benzene rings is 2. The fraction of sp³-hybridized carbons (Fsp3) is 0.318. The molecule has 0 bridgehead atoms. The number of para-hydroxylation sites is 1. The highest BCUT2D eigenvalue weighted by Gasteiger charge is 2.41. The van der Waals surface area contributed by atoms with Crippen molar-refractivity contribution in [2.24, 2.45) is 5.10 Å². The summed E-state index contributed by atoms with van der Waals surface area (Å²) in [5.41, 5.74) is 4.10. The molecule has 1 saturated carbocycles. The van der Waals surface area contributed by atoms with Crippen LogP contribution in [0.3, 0.4) is 0 Å². The molecule has 1 atom stereocenters. The van der Waals surface area contributed by atoms with Gasteiger partial charge in [-0.3, -0.25) is 4.79 Å². The molecule has 2 aromatic carbocycles. The summed E-state index contributed by atoms with van der Waals surface area (Å²) in [5, 5.41) is 5.41. The van der Waals surface area contributed by atoms with Crippen LogP contribution in [0.15, 0.2) is 58.4 Å². The van der Waals surface area contributed by atoms with Crippen LogP contribution >= 0.6 is 0 Å². The standard InChI is InChI=1S/C22H23N3O/c1-4-20-23-18-8-6-5-7-17(18)21(26)25(20)24-19-13-14-22(19,3)16-11-9-15(2)10-12-16/h5-12H,4,13-14H2,1-3H3/b24-19+. The summed E-state index contributed by atoms with van der Waals surface area (Å²) in [4.78, 5) is 17.6. The van der Waals surface area contributed by atoms with Crippen LogP contribution in [0.5, 0.6) is 0 Å². The zero-order chi connectivity index (χ0) is 18.3. The minimum Gasteiger partial charge on any atom is -0.267 e. The van der Waals surface area contributed by atoms with E-state index in [1.165, 1.54) is 15.8 Å². The minimum atomic E-state index is -0.107. The minimum absolute atomic E-state index is 0.0851. The van der Waals surface area contributed by atoms with Crippen LogP contribution in [0.4, 0.5) is 0 Å². The Kier molecular flexibility index (Phi) is 3.98.